The van der Waals surface area contributed by atoms with Crippen LogP contribution in [-0.2, 0) is 10.9 Å². The first-order chi connectivity index (χ1) is 8.54. The lowest BCUT2D eigenvalue weighted by molar-refractivity contribution is -0.137. The summed E-state index contributed by atoms with van der Waals surface area (Å²) in [7, 11) is 1.60. The van der Waals surface area contributed by atoms with Crippen LogP contribution in [0, 0.1) is 0 Å². The first-order valence-corrected chi connectivity index (χ1v) is 5.54. The van der Waals surface area contributed by atoms with Crippen LogP contribution in [0.2, 0.25) is 0 Å². The number of hydrogen-bond donors (Lipinski definition) is 1. The number of halogens is 3. The number of ether oxygens (including phenoxy) is 2. The first-order valence-electron chi connectivity index (χ1n) is 5.54. The molecule has 1 aromatic carbocycles. The van der Waals surface area contributed by atoms with E-state index in [1.165, 1.54) is 12.1 Å². The maximum Gasteiger partial charge on any atom is 0.416 e. The summed E-state index contributed by atoms with van der Waals surface area (Å²) in [5, 5.41) is 3.03. The molecule has 0 aliphatic heterocycles. The second-order valence-electron chi connectivity index (χ2n) is 3.62. The van der Waals surface area contributed by atoms with Crippen LogP contribution in [0.5, 0.6) is 5.75 Å². The Morgan fingerprint density at radius 1 is 1.17 bits per heavy atom. The fourth-order valence-electron chi connectivity index (χ4n) is 1.30. The van der Waals surface area contributed by atoms with Crippen molar-refractivity contribution in [3.63, 3.8) is 0 Å². The van der Waals surface area contributed by atoms with Gasteiger partial charge in [0.1, 0.15) is 12.4 Å². The molecule has 102 valence electrons. The molecule has 0 atom stereocenters. The van der Waals surface area contributed by atoms with E-state index in [4.69, 9.17) is 9.47 Å². The van der Waals surface area contributed by atoms with Gasteiger partial charge in [0.2, 0.25) is 0 Å². The minimum absolute atomic E-state index is 0.221. The largest absolute Gasteiger partial charge is 0.492 e. The van der Waals surface area contributed by atoms with Gasteiger partial charge in [0.25, 0.3) is 0 Å². The molecule has 0 aliphatic rings. The number of benzene rings is 1. The monoisotopic (exact) mass is 263 g/mol. The molecule has 1 N–H and O–H groups in total. The number of rotatable bonds is 7. The predicted molar refractivity (Wildman–Crippen MR) is 61.7 cm³/mol. The van der Waals surface area contributed by atoms with Crippen molar-refractivity contribution in [2.24, 2.45) is 0 Å². The molecule has 18 heavy (non-hydrogen) atoms. The zero-order valence-corrected chi connectivity index (χ0v) is 10.1. The van der Waals surface area contributed by atoms with Gasteiger partial charge >= 0.3 is 6.18 Å². The van der Waals surface area contributed by atoms with E-state index in [2.05, 4.69) is 5.32 Å². The molecule has 0 amide bonds. The van der Waals surface area contributed by atoms with Crippen molar-refractivity contribution in [1.82, 2.24) is 5.32 Å². The van der Waals surface area contributed by atoms with Gasteiger partial charge < -0.3 is 14.8 Å². The second-order valence-corrected chi connectivity index (χ2v) is 3.62. The average molecular weight is 263 g/mol. The Labute approximate surface area is 104 Å². The predicted octanol–water partition coefficient (Wildman–Crippen LogP) is 2.32. The summed E-state index contributed by atoms with van der Waals surface area (Å²) in [6.07, 6.45) is -4.34. The van der Waals surface area contributed by atoms with Crippen LogP contribution >= 0.6 is 0 Å². The average Bonchev–Trinajstić information content (AvgIpc) is 2.33. The Kier molecular flexibility index (Phi) is 5.94. The molecular weight excluding hydrogens is 247 g/mol. The molecule has 1 rings (SSSR count). The molecule has 0 heterocycles. The van der Waals surface area contributed by atoms with Gasteiger partial charge in [0.05, 0.1) is 12.2 Å². The van der Waals surface area contributed by atoms with E-state index in [0.29, 0.717) is 26.3 Å². The zero-order chi connectivity index (χ0) is 13.4. The summed E-state index contributed by atoms with van der Waals surface area (Å²) in [6, 6.07) is 4.85. The SMILES string of the molecule is COCCNCCOc1cccc(C(F)(F)F)c1. The van der Waals surface area contributed by atoms with Crippen molar-refractivity contribution in [2.75, 3.05) is 33.4 Å². The second kappa shape index (κ2) is 7.23. The van der Waals surface area contributed by atoms with Gasteiger partial charge in [-0.15, -0.1) is 0 Å². The van der Waals surface area contributed by atoms with Crippen molar-refractivity contribution in [2.45, 2.75) is 6.18 Å². The van der Waals surface area contributed by atoms with Crippen molar-refractivity contribution < 1.29 is 22.6 Å². The van der Waals surface area contributed by atoms with Crippen molar-refractivity contribution in [3.8, 4) is 5.75 Å². The van der Waals surface area contributed by atoms with Gasteiger partial charge in [-0.2, -0.15) is 13.2 Å². The summed E-state index contributed by atoms with van der Waals surface area (Å²) in [5.74, 6) is 0.221. The molecule has 0 aliphatic carbocycles. The number of nitrogens with one attached hydrogen (secondary N) is 1. The Bertz CT molecular complexity index is 355. The lowest BCUT2D eigenvalue weighted by Crippen LogP contribution is -2.24. The molecule has 0 bridgehead atoms. The van der Waals surface area contributed by atoms with E-state index >= 15 is 0 Å². The van der Waals surface area contributed by atoms with Gasteiger partial charge in [-0.3, -0.25) is 0 Å². The van der Waals surface area contributed by atoms with Crippen LogP contribution in [0.4, 0.5) is 13.2 Å². The third-order valence-corrected chi connectivity index (χ3v) is 2.19. The Hall–Kier alpha value is -1.27. The fraction of sp³-hybridized carbons (Fsp3) is 0.500. The van der Waals surface area contributed by atoms with Crippen molar-refractivity contribution in [3.05, 3.63) is 29.8 Å². The smallest absolute Gasteiger partial charge is 0.416 e. The molecule has 0 saturated carbocycles. The Morgan fingerprint density at radius 3 is 2.56 bits per heavy atom. The fourth-order valence-corrected chi connectivity index (χ4v) is 1.30. The van der Waals surface area contributed by atoms with Crippen LogP contribution in [0.15, 0.2) is 24.3 Å². The normalized spacial score (nSPS) is 11.6. The molecule has 0 spiro atoms. The van der Waals surface area contributed by atoms with Crippen molar-refractivity contribution >= 4 is 0 Å². The Morgan fingerprint density at radius 2 is 1.89 bits per heavy atom. The quantitative estimate of drug-likeness (QED) is 0.766. The van der Waals surface area contributed by atoms with Crippen LogP contribution in [0.1, 0.15) is 5.56 Å². The number of methoxy groups -OCH3 is 1. The Balaban J connectivity index is 2.34. The van der Waals surface area contributed by atoms with Gasteiger partial charge in [-0.05, 0) is 18.2 Å². The lowest BCUT2D eigenvalue weighted by atomic mass is 10.2. The summed E-state index contributed by atoms with van der Waals surface area (Å²) in [4.78, 5) is 0. The van der Waals surface area contributed by atoms with Crippen LogP contribution in [0.3, 0.4) is 0 Å². The standard InChI is InChI=1S/C12H16F3NO2/c1-17-7-5-16-6-8-18-11-4-2-3-10(9-11)12(13,14)15/h2-4,9,16H,5-8H2,1H3. The summed E-state index contributed by atoms with van der Waals surface area (Å²) in [6.45, 7) is 2.14. The van der Waals surface area contributed by atoms with E-state index < -0.39 is 11.7 Å². The third-order valence-electron chi connectivity index (χ3n) is 2.19. The van der Waals surface area contributed by atoms with Gasteiger partial charge in [0.15, 0.2) is 0 Å². The van der Waals surface area contributed by atoms with Crippen LogP contribution < -0.4 is 10.1 Å². The van der Waals surface area contributed by atoms with E-state index in [-0.39, 0.29) is 5.75 Å². The maximum atomic E-state index is 12.4. The highest BCUT2D eigenvalue weighted by molar-refractivity contribution is 5.30. The molecular formula is C12H16F3NO2. The molecule has 0 unspecified atom stereocenters. The topological polar surface area (TPSA) is 30.5 Å². The molecule has 0 saturated heterocycles. The van der Waals surface area contributed by atoms with Gasteiger partial charge in [0, 0.05) is 20.2 Å². The number of hydrogen-bond acceptors (Lipinski definition) is 3. The highest BCUT2D eigenvalue weighted by Crippen LogP contribution is 2.31. The van der Waals surface area contributed by atoms with E-state index in [1.54, 1.807) is 7.11 Å². The minimum Gasteiger partial charge on any atom is -0.492 e. The van der Waals surface area contributed by atoms with E-state index in [0.717, 1.165) is 12.1 Å². The molecule has 0 fully saturated rings. The van der Waals surface area contributed by atoms with E-state index in [9.17, 15) is 13.2 Å². The highest BCUT2D eigenvalue weighted by Gasteiger charge is 2.30. The lowest BCUT2D eigenvalue weighted by Gasteiger charge is -2.10. The van der Waals surface area contributed by atoms with Gasteiger partial charge in [-0.25, -0.2) is 0 Å². The zero-order valence-electron chi connectivity index (χ0n) is 10.1. The van der Waals surface area contributed by atoms with Crippen LogP contribution in [0.25, 0.3) is 0 Å². The van der Waals surface area contributed by atoms with Gasteiger partial charge in [-0.1, -0.05) is 6.07 Å². The summed E-state index contributed by atoms with van der Waals surface area (Å²) in [5.41, 5.74) is -0.702. The summed E-state index contributed by atoms with van der Waals surface area (Å²) >= 11 is 0. The van der Waals surface area contributed by atoms with E-state index in [1.807, 2.05) is 0 Å². The third kappa shape index (κ3) is 5.37. The first kappa shape index (κ1) is 14.8. The van der Waals surface area contributed by atoms with Crippen molar-refractivity contribution in [1.29, 1.82) is 0 Å². The molecule has 6 heteroatoms. The van der Waals surface area contributed by atoms with Crippen LogP contribution in [-0.4, -0.2) is 33.4 Å². The molecule has 0 aromatic heterocycles. The molecule has 3 nitrogen and oxygen atoms in total. The molecule has 0 radical (unpaired) electrons. The number of alkyl halides is 3. The molecule has 1 aromatic rings. The maximum absolute atomic E-state index is 12.4. The highest BCUT2D eigenvalue weighted by atomic mass is 19.4. The minimum atomic E-state index is -4.34. The summed E-state index contributed by atoms with van der Waals surface area (Å²) < 4.78 is 47.3.